The van der Waals surface area contributed by atoms with Crippen LogP contribution in [0.5, 0.6) is 0 Å². The zero-order valence-corrected chi connectivity index (χ0v) is 10.6. The second kappa shape index (κ2) is 3.87. The summed E-state index contributed by atoms with van der Waals surface area (Å²) in [6.07, 6.45) is 5.18. The number of nitrogens with zero attached hydrogens (tertiary/aromatic N) is 3. The van der Waals surface area contributed by atoms with Gasteiger partial charge in [-0.3, -0.25) is 9.48 Å². The summed E-state index contributed by atoms with van der Waals surface area (Å²) in [4.78, 5) is 14.1. The van der Waals surface area contributed by atoms with Gasteiger partial charge in [-0.15, -0.1) is 0 Å². The van der Waals surface area contributed by atoms with E-state index in [0.717, 1.165) is 36.1 Å². The summed E-state index contributed by atoms with van der Waals surface area (Å²) >= 11 is 3.48. The van der Waals surface area contributed by atoms with Crippen molar-refractivity contribution in [1.29, 1.82) is 0 Å². The lowest BCUT2D eigenvalue weighted by Crippen LogP contribution is -2.43. The molecule has 0 saturated heterocycles. The Kier molecular flexibility index (Phi) is 2.50. The van der Waals surface area contributed by atoms with Gasteiger partial charge < -0.3 is 4.90 Å². The zero-order valence-electron chi connectivity index (χ0n) is 9.03. The first-order valence-electron chi connectivity index (χ1n) is 5.74. The molecule has 16 heavy (non-hydrogen) atoms. The largest absolute Gasteiger partial charge is 0.335 e. The Bertz CT molecular complexity index is 425. The molecule has 0 unspecified atom stereocenters. The van der Waals surface area contributed by atoms with Crippen LogP contribution in [0, 0.1) is 5.92 Å². The maximum atomic E-state index is 12.1. The van der Waals surface area contributed by atoms with E-state index in [1.807, 2.05) is 15.8 Å². The van der Waals surface area contributed by atoms with Gasteiger partial charge in [-0.25, -0.2) is 0 Å². The predicted octanol–water partition coefficient (Wildman–Crippen LogP) is 1.79. The molecular formula is C11H14BrN3O. The highest BCUT2D eigenvalue weighted by atomic mass is 79.9. The lowest BCUT2D eigenvalue weighted by Gasteiger charge is -2.34. The molecule has 2 heterocycles. The van der Waals surface area contributed by atoms with E-state index in [2.05, 4.69) is 21.0 Å². The molecule has 86 valence electrons. The number of halogens is 1. The Balaban J connectivity index is 1.76. The van der Waals surface area contributed by atoms with Gasteiger partial charge in [0.2, 0.25) is 5.91 Å². The van der Waals surface area contributed by atoms with Gasteiger partial charge in [0.25, 0.3) is 0 Å². The summed E-state index contributed by atoms with van der Waals surface area (Å²) in [5, 5.41) is 4.26. The molecule has 1 fully saturated rings. The smallest absolute Gasteiger partial charge is 0.226 e. The number of rotatable bonds is 1. The van der Waals surface area contributed by atoms with Crippen LogP contribution in [0.15, 0.2) is 10.7 Å². The van der Waals surface area contributed by atoms with E-state index in [9.17, 15) is 4.79 Å². The van der Waals surface area contributed by atoms with Crippen molar-refractivity contribution in [2.75, 3.05) is 6.54 Å². The van der Waals surface area contributed by atoms with Gasteiger partial charge in [0.05, 0.1) is 29.5 Å². The Morgan fingerprint density at radius 3 is 2.94 bits per heavy atom. The second-order valence-electron chi connectivity index (χ2n) is 4.55. The molecule has 1 aromatic rings. The summed E-state index contributed by atoms with van der Waals surface area (Å²) in [6, 6.07) is 0. The molecule has 0 aromatic carbocycles. The third-order valence-corrected chi connectivity index (χ3v) is 4.25. The fraction of sp³-hybridized carbons (Fsp3) is 0.636. The monoisotopic (exact) mass is 283 g/mol. The molecule has 0 radical (unpaired) electrons. The standard InChI is InChI=1S/C11H14BrN3O/c12-9-6-13-15-5-4-14(7-10(9)15)11(16)8-2-1-3-8/h6,8H,1-5,7H2. The first kappa shape index (κ1) is 10.3. The highest BCUT2D eigenvalue weighted by molar-refractivity contribution is 9.10. The zero-order chi connectivity index (χ0) is 11.1. The molecule has 1 aliphatic heterocycles. The van der Waals surface area contributed by atoms with Crippen LogP contribution in [-0.4, -0.2) is 27.1 Å². The second-order valence-corrected chi connectivity index (χ2v) is 5.40. The molecule has 4 nitrogen and oxygen atoms in total. The van der Waals surface area contributed by atoms with Gasteiger partial charge in [0.1, 0.15) is 0 Å². The number of amides is 1. The Morgan fingerprint density at radius 2 is 2.25 bits per heavy atom. The van der Waals surface area contributed by atoms with Gasteiger partial charge in [0.15, 0.2) is 0 Å². The first-order valence-corrected chi connectivity index (χ1v) is 6.54. The lowest BCUT2D eigenvalue weighted by atomic mass is 9.84. The summed E-state index contributed by atoms with van der Waals surface area (Å²) in [6.45, 7) is 2.33. The van der Waals surface area contributed by atoms with Crippen LogP contribution in [0.3, 0.4) is 0 Å². The van der Waals surface area contributed by atoms with E-state index < -0.39 is 0 Å². The number of aromatic nitrogens is 2. The van der Waals surface area contributed by atoms with Gasteiger partial charge in [0, 0.05) is 12.5 Å². The number of carbonyl (C=O) groups excluding carboxylic acids is 1. The average Bonchev–Trinajstić information content (AvgIpc) is 2.57. The first-order chi connectivity index (χ1) is 7.75. The van der Waals surface area contributed by atoms with Gasteiger partial charge >= 0.3 is 0 Å². The van der Waals surface area contributed by atoms with Crippen molar-refractivity contribution in [2.24, 2.45) is 5.92 Å². The fourth-order valence-electron chi connectivity index (χ4n) is 2.31. The lowest BCUT2D eigenvalue weighted by molar-refractivity contribution is -0.139. The molecule has 1 aromatic heterocycles. The minimum atomic E-state index is 0.299. The SMILES string of the molecule is O=C(C1CCC1)N1CCn2ncc(Br)c2C1. The molecule has 0 atom stereocenters. The fourth-order valence-corrected chi connectivity index (χ4v) is 2.74. The van der Waals surface area contributed by atoms with Crippen LogP contribution < -0.4 is 0 Å². The normalized spacial score (nSPS) is 20.4. The van der Waals surface area contributed by atoms with Crippen LogP contribution in [0.4, 0.5) is 0 Å². The minimum Gasteiger partial charge on any atom is -0.335 e. The molecule has 0 N–H and O–H groups in total. The van der Waals surface area contributed by atoms with E-state index in [0.29, 0.717) is 18.4 Å². The Morgan fingerprint density at radius 1 is 1.44 bits per heavy atom. The van der Waals surface area contributed by atoms with E-state index in [1.165, 1.54) is 6.42 Å². The van der Waals surface area contributed by atoms with Crippen LogP contribution in [0.2, 0.25) is 0 Å². The van der Waals surface area contributed by atoms with Crippen LogP contribution in [0.1, 0.15) is 25.0 Å². The van der Waals surface area contributed by atoms with Crippen LogP contribution >= 0.6 is 15.9 Å². The summed E-state index contributed by atoms with van der Waals surface area (Å²) in [5.74, 6) is 0.638. The highest BCUT2D eigenvalue weighted by Gasteiger charge is 2.31. The molecule has 1 saturated carbocycles. The molecule has 1 aliphatic carbocycles. The van der Waals surface area contributed by atoms with Crippen LogP contribution in [-0.2, 0) is 17.9 Å². The van der Waals surface area contributed by atoms with Crippen molar-refractivity contribution in [2.45, 2.75) is 32.4 Å². The summed E-state index contributed by atoms with van der Waals surface area (Å²) in [5.41, 5.74) is 1.12. The van der Waals surface area contributed by atoms with Crippen molar-refractivity contribution in [3.63, 3.8) is 0 Å². The number of carbonyl (C=O) groups is 1. The van der Waals surface area contributed by atoms with Crippen molar-refractivity contribution in [1.82, 2.24) is 14.7 Å². The number of hydrogen-bond acceptors (Lipinski definition) is 2. The molecule has 2 aliphatic rings. The van der Waals surface area contributed by atoms with Gasteiger partial charge in [-0.2, -0.15) is 5.10 Å². The quantitative estimate of drug-likeness (QED) is 0.788. The van der Waals surface area contributed by atoms with E-state index in [4.69, 9.17) is 0 Å². The van der Waals surface area contributed by atoms with Crippen LogP contribution in [0.25, 0.3) is 0 Å². The van der Waals surface area contributed by atoms with Gasteiger partial charge in [-0.1, -0.05) is 6.42 Å². The summed E-state index contributed by atoms with van der Waals surface area (Å²) in [7, 11) is 0. The Labute approximate surface area is 103 Å². The van der Waals surface area contributed by atoms with E-state index >= 15 is 0 Å². The van der Waals surface area contributed by atoms with Crippen molar-refractivity contribution >= 4 is 21.8 Å². The molecule has 0 bridgehead atoms. The third kappa shape index (κ3) is 1.57. The molecule has 0 spiro atoms. The van der Waals surface area contributed by atoms with Crippen molar-refractivity contribution in [3.8, 4) is 0 Å². The number of fused-ring (bicyclic) bond motifs is 1. The molecule has 5 heteroatoms. The minimum absolute atomic E-state index is 0.299. The third-order valence-electron chi connectivity index (χ3n) is 3.59. The average molecular weight is 284 g/mol. The number of hydrogen-bond donors (Lipinski definition) is 0. The Hall–Kier alpha value is -0.840. The molecule has 3 rings (SSSR count). The maximum absolute atomic E-state index is 12.1. The molecular weight excluding hydrogens is 270 g/mol. The van der Waals surface area contributed by atoms with E-state index in [1.54, 1.807) is 0 Å². The van der Waals surface area contributed by atoms with E-state index in [-0.39, 0.29) is 0 Å². The summed E-state index contributed by atoms with van der Waals surface area (Å²) < 4.78 is 2.99. The predicted molar refractivity (Wildman–Crippen MR) is 62.7 cm³/mol. The van der Waals surface area contributed by atoms with Gasteiger partial charge in [-0.05, 0) is 28.8 Å². The van der Waals surface area contributed by atoms with Crippen molar-refractivity contribution in [3.05, 3.63) is 16.4 Å². The van der Waals surface area contributed by atoms with Crippen molar-refractivity contribution < 1.29 is 4.79 Å². The maximum Gasteiger partial charge on any atom is 0.226 e. The highest BCUT2D eigenvalue weighted by Crippen LogP contribution is 2.30. The topological polar surface area (TPSA) is 38.1 Å². The molecule has 1 amide bonds.